The minimum absolute atomic E-state index is 0.346. The lowest BCUT2D eigenvalue weighted by atomic mass is 10.1. The highest BCUT2D eigenvalue weighted by Crippen LogP contribution is 2.38. The molecule has 0 radical (unpaired) electrons. The van der Waals surface area contributed by atoms with Crippen molar-refractivity contribution in [2.45, 2.75) is 12.3 Å². The molecule has 8 nitrogen and oxygen atoms in total. The van der Waals surface area contributed by atoms with Crippen LogP contribution in [0.15, 0.2) is 60.8 Å². The molecule has 0 spiro atoms. The van der Waals surface area contributed by atoms with Crippen LogP contribution in [-0.4, -0.2) is 66.6 Å². The van der Waals surface area contributed by atoms with Crippen LogP contribution in [0.5, 0.6) is 0 Å². The van der Waals surface area contributed by atoms with Crippen LogP contribution in [0.3, 0.4) is 0 Å². The summed E-state index contributed by atoms with van der Waals surface area (Å²) in [6, 6.07) is 14.1. The van der Waals surface area contributed by atoms with Crippen LogP contribution in [0, 0.1) is 0 Å². The van der Waals surface area contributed by atoms with Crippen molar-refractivity contribution >= 4 is 29.5 Å². The van der Waals surface area contributed by atoms with E-state index in [9.17, 15) is 22.8 Å². The molecule has 1 unspecified atom stereocenters. The topological polar surface area (TPSA) is 72.9 Å². The number of anilines is 3. The van der Waals surface area contributed by atoms with Gasteiger partial charge in [0, 0.05) is 44.5 Å². The van der Waals surface area contributed by atoms with Crippen LogP contribution >= 0.6 is 0 Å². The van der Waals surface area contributed by atoms with E-state index in [0.717, 1.165) is 17.7 Å². The third-order valence-electron chi connectivity index (χ3n) is 6.47. The highest BCUT2D eigenvalue weighted by atomic mass is 19.4. The Morgan fingerprint density at radius 1 is 1.00 bits per heavy atom. The molecule has 186 valence electrons. The van der Waals surface area contributed by atoms with Gasteiger partial charge in [0.15, 0.2) is 24.1 Å². The maximum Gasteiger partial charge on any atom is 0.416 e. The summed E-state index contributed by atoms with van der Waals surface area (Å²) in [6.07, 6.45) is -2.99. The van der Waals surface area contributed by atoms with Gasteiger partial charge in [-0.15, -0.1) is 0 Å². The minimum atomic E-state index is -4.39. The first kappa shape index (κ1) is 23.6. The molecule has 2 aliphatic rings. The monoisotopic (exact) mass is 496 g/mol. The third kappa shape index (κ3) is 4.21. The summed E-state index contributed by atoms with van der Waals surface area (Å²) >= 11 is 0. The lowest BCUT2D eigenvalue weighted by Crippen LogP contribution is -2.56. The van der Waals surface area contributed by atoms with E-state index in [1.54, 1.807) is 23.0 Å². The number of urea groups is 1. The third-order valence-corrected chi connectivity index (χ3v) is 6.47. The van der Waals surface area contributed by atoms with Gasteiger partial charge in [-0.2, -0.15) is 13.2 Å². The quantitative estimate of drug-likeness (QED) is 0.513. The molecule has 2 amide bonds. The molecular weight excluding hydrogens is 473 g/mol. The number of piperazine rings is 1. The Hall–Kier alpha value is -4.15. The molecule has 3 heterocycles. The van der Waals surface area contributed by atoms with Gasteiger partial charge < -0.3 is 14.7 Å². The Bertz CT molecular complexity index is 1260. The van der Waals surface area contributed by atoms with E-state index in [1.165, 1.54) is 17.0 Å². The van der Waals surface area contributed by atoms with Crippen LogP contribution < -0.4 is 14.7 Å². The van der Waals surface area contributed by atoms with Crippen LogP contribution in [0.25, 0.3) is 11.4 Å². The highest BCUT2D eigenvalue weighted by molar-refractivity contribution is 6.03. The van der Waals surface area contributed by atoms with E-state index in [4.69, 9.17) is 0 Å². The Morgan fingerprint density at radius 2 is 1.67 bits per heavy atom. The largest absolute Gasteiger partial charge is 0.416 e. The molecular formula is C25H23F3N6O2. The summed E-state index contributed by atoms with van der Waals surface area (Å²) < 4.78 is 38.6. The first-order valence-electron chi connectivity index (χ1n) is 11.4. The Kier molecular flexibility index (Phi) is 5.99. The van der Waals surface area contributed by atoms with E-state index >= 15 is 0 Å². The summed E-state index contributed by atoms with van der Waals surface area (Å²) in [6.45, 7) is 1.60. The number of carbonyl (C=O) groups is 2. The fourth-order valence-electron chi connectivity index (χ4n) is 4.50. The second-order valence-corrected chi connectivity index (χ2v) is 8.60. The van der Waals surface area contributed by atoms with Crippen LogP contribution in [0.4, 0.5) is 35.2 Å². The van der Waals surface area contributed by atoms with Gasteiger partial charge in [0.1, 0.15) is 5.69 Å². The predicted molar refractivity (Wildman–Crippen MR) is 129 cm³/mol. The Morgan fingerprint density at radius 3 is 2.28 bits per heavy atom. The van der Waals surface area contributed by atoms with Crippen molar-refractivity contribution in [1.82, 2.24) is 14.9 Å². The molecule has 1 saturated heterocycles. The maximum absolute atomic E-state index is 13.5. The van der Waals surface area contributed by atoms with E-state index in [0.29, 0.717) is 55.5 Å². The normalized spacial score (nSPS) is 17.8. The molecule has 1 atom stereocenters. The molecule has 1 aromatic heterocycles. The number of likely N-dealkylation sites (N-methyl/N-ethyl adjacent to an activating group) is 1. The summed E-state index contributed by atoms with van der Waals surface area (Å²) in [5.74, 6) is 0.975. The molecule has 0 bridgehead atoms. The second kappa shape index (κ2) is 9.14. The maximum atomic E-state index is 13.5. The van der Waals surface area contributed by atoms with Crippen LogP contribution in [0.1, 0.15) is 5.56 Å². The zero-order valence-electron chi connectivity index (χ0n) is 19.4. The van der Waals surface area contributed by atoms with Gasteiger partial charge in [-0.05, 0) is 24.3 Å². The summed E-state index contributed by atoms with van der Waals surface area (Å²) in [7, 11) is 1.70. The fraction of sp³-hybridized carbons (Fsp3) is 0.280. The van der Waals surface area contributed by atoms with Gasteiger partial charge >= 0.3 is 12.2 Å². The Labute approximate surface area is 205 Å². The van der Waals surface area contributed by atoms with Crippen molar-refractivity contribution in [2.75, 3.05) is 47.9 Å². The van der Waals surface area contributed by atoms with Gasteiger partial charge in [-0.3, -0.25) is 9.69 Å². The van der Waals surface area contributed by atoms with E-state index in [2.05, 4.69) is 9.97 Å². The molecule has 0 aliphatic carbocycles. The number of aldehydes is 1. The Balaban J connectivity index is 1.32. The lowest BCUT2D eigenvalue weighted by molar-refractivity contribution is -0.137. The molecule has 2 aliphatic heterocycles. The van der Waals surface area contributed by atoms with Gasteiger partial charge in [0.25, 0.3) is 0 Å². The van der Waals surface area contributed by atoms with E-state index < -0.39 is 17.9 Å². The number of carbonyl (C=O) groups excluding carboxylic acids is 2. The fourth-order valence-corrected chi connectivity index (χ4v) is 4.50. The minimum Gasteiger partial charge on any atom is -0.368 e. The summed E-state index contributed by atoms with van der Waals surface area (Å²) in [5.41, 5.74) is 1.23. The van der Waals surface area contributed by atoms with E-state index in [1.807, 2.05) is 35.2 Å². The summed E-state index contributed by atoms with van der Waals surface area (Å²) in [5, 5.41) is 0. The molecule has 11 heteroatoms. The number of amides is 2. The zero-order chi connectivity index (χ0) is 25.4. The van der Waals surface area contributed by atoms with Crippen molar-refractivity contribution in [3.05, 3.63) is 66.4 Å². The van der Waals surface area contributed by atoms with Crippen molar-refractivity contribution in [2.24, 2.45) is 0 Å². The smallest absolute Gasteiger partial charge is 0.368 e. The van der Waals surface area contributed by atoms with Crippen LogP contribution in [-0.2, 0) is 11.0 Å². The first-order valence-corrected chi connectivity index (χ1v) is 11.4. The van der Waals surface area contributed by atoms with Gasteiger partial charge in [0.2, 0.25) is 0 Å². The highest BCUT2D eigenvalue weighted by Gasteiger charge is 2.42. The standard InChI is InChI=1S/C25H23F3N6O2/c1-31-21(16-35)34(20-15-29-22(30-23(20)31)17-5-3-2-4-6-17)24(36)33-13-11-32(12-14-33)19-9-7-18(8-10-19)25(26,27)28/h2-10,15-16,21H,11-14H2,1H3. The van der Waals surface area contributed by atoms with Crippen molar-refractivity contribution in [3.63, 3.8) is 0 Å². The number of rotatable bonds is 3. The number of hydrogen-bond acceptors (Lipinski definition) is 6. The average molecular weight is 496 g/mol. The number of aromatic nitrogens is 2. The van der Waals surface area contributed by atoms with Crippen LogP contribution in [0.2, 0.25) is 0 Å². The number of hydrogen-bond donors (Lipinski definition) is 0. The van der Waals surface area contributed by atoms with Gasteiger partial charge in [-0.25, -0.2) is 14.8 Å². The SMILES string of the molecule is CN1c2nc(-c3ccccc3)ncc2N(C(=O)N2CCN(c3ccc(C(F)(F)F)cc3)CC2)C1C=O. The molecule has 0 N–H and O–H groups in total. The molecule has 3 aromatic rings. The van der Waals surface area contributed by atoms with Gasteiger partial charge in [-0.1, -0.05) is 30.3 Å². The second-order valence-electron chi connectivity index (χ2n) is 8.60. The van der Waals surface area contributed by atoms with E-state index in [-0.39, 0.29) is 6.03 Å². The number of alkyl halides is 3. The molecule has 5 rings (SSSR count). The summed E-state index contributed by atoms with van der Waals surface area (Å²) in [4.78, 5) is 41.1. The molecule has 2 aromatic carbocycles. The lowest BCUT2D eigenvalue weighted by Gasteiger charge is -2.38. The van der Waals surface area contributed by atoms with Crippen molar-refractivity contribution in [3.8, 4) is 11.4 Å². The number of nitrogens with zero attached hydrogens (tertiary/aromatic N) is 6. The van der Waals surface area contributed by atoms with Gasteiger partial charge in [0.05, 0.1) is 11.8 Å². The average Bonchev–Trinajstić information content (AvgIpc) is 3.19. The number of halogens is 3. The molecule has 36 heavy (non-hydrogen) atoms. The molecule has 1 fully saturated rings. The number of fused-ring (bicyclic) bond motifs is 1. The van der Waals surface area contributed by atoms with Crippen molar-refractivity contribution in [1.29, 1.82) is 0 Å². The first-order chi connectivity index (χ1) is 17.3. The number of benzene rings is 2. The zero-order valence-corrected chi connectivity index (χ0v) is 19.4. The van der Waals surface area contributed by atoms with Crippen molar-refractivity contribution < 1.29 is 22.8 Å². The predicted octanol–water partition coefficient (Wildman–Crippen LogP) is 3.89. The molecule has 0 saturated carbocycles.